The van der Waals surface area contributed by atoms with E-state index in [9.17, 15) is 9.59 Å². The van der Waals surface area contributed by atoms with E-state index in [-0.39, 0.29) is 0 Å². The fourth-order valence-corrected chi connectivity index (χ4v) is 1.33. The highest BCUT2D eigenvalue weighted by atomic mass is 16.6. The number of hydrogen-bond acceptors (Lipinski definition) is 4. The molecular formula is C15H19NO4. The average Bonchev–Trinajstić information content (AvgIpc) is 2.35. The summed E-state index contributed by atoms with van der Waals surface area (Å²) < 4.78 is 9.64. The van der Waals surface area contributed by atoms with Crippen LogP contribution in [0.15, 0.2) is 30.3 Å². The molecule has 0 saturated heterocycles. The molecule has 5 nitrogen and oxygen atoms in total. The Labute approximate surface area is 118 Å². The van der Waals surface area contributed by atoms with Gasteiger partial charge in [0.1, 0.15) is 5.60 Å². The van der Waals surface area contributed by atoms with Crippen molar-refractivity contribution >= 4 is 23.8 Å². The molecule has 1 rings (SSSR count). The van der Waals surface area contributed by atoms with Crippen LogP contribution < -0.4 is 5.32 Å². The van der Waals surface area contributed by atoms with E-state index in [1.807, 2.05) is 0 Å². The second-order valence-electron chi connectivity index (χ2n) is 5.11. The summed E-state index contributed by atoms with van der Waals surface area (Å²) in [6.45, 7) is 5.40. The molecule has 0 aliphatic heterocycles. The second-order valence-corrected chi connectivity index (χ2v) is 5.11. The standard InChI is InChI=1S/C15H19NO4/c1-15(2,3)20-14(18)16-12-8-5-11(6-9-12)7-10-13(17)19-4/h5-10H,1-4H3,(H,16,18)/b10-7+. The fraction of sp³-hybridized carbons (Fsp3) is 0.333. The van der Waals surface area contributed by atoms with Gasteiger partial charge >= 0.3 is 12.1 Å². The lowest BCUT2D eigenvalue weighted by atomic mass is 10.2. The third kappa shape index (κ3) is 6.04. The van der Waals surface area contributed by atoms with Crippen LogP contribution in [-0.4, -0.2) is 24.8 Å². The number of carbonyl (C=O) groups excluding carboxylic acids is 2. The Kier molecular flexibility index (Phi) is 5.32. The number of esters is 1. The number of rotatable bonds is 3. The van der Waals surface area contributed by atoms with Gasteiger partial charge in [-0.2, -0.15) is 0 Å². The van der Waals surface area contributed by atoms with Crippen LogP contribution in [-0.2, 0) is 14.3 Å². The van der Waals surface area contributed by atoms with Crippen molar-refractivity contribution in [3.8, 4) is 0 Å². The SMILES string of the molecule is COC(=O)/C=C/c1ccc(NC(=O)OC(C)(C)C)cc1. The van der Waals surface area contributed by atoms with Gasteiger partial charge in [-0.3, -0.25) is 5.32 Å². The molecule has 0 saturated carbocycles. The summed E-state index contributed by atoms with van der Waals surface area (Å²) >= 11 is 0. The monoisotopic (exact) mass is 277 g/mol. The van der Waals surface area contributed by atoms with Gasteiger partial charge in [0.25, 0.3) is 0 Å². The lowest BCUT2D eigenvalue weighted by Crippen LogP contribution is -2.27. The van der Waals surface area contributed by atoms with E-state index >= 15 is 0 Å². The van der Waals surface area contributed by atoms with Crippen molar-refractivity contribution in [3.05, 3.63) is 35.9 Å². The molecule has 0 atom stereocenters. The summed E-state index contributed by atoms with van der Waals surface area (Å²) in [5.41, 5.74) is 0.910. The normalized spacial score (nSPS) is 11.2. The highest BCUT2D eigenvalue weighted by Crippen LogP contribution is 2.13. The zero-order chi connectivity index (χ0) is 15.2. The molecule has 0 fully saturated rings. The molecule has 0 heterocycles. The molecule has 0 spiro atoms. The molecule has 0 unspecified atom stereocenters. The predicted octanol–water partition coefficient (Wildman–Crippen LogP) is 3.22. The Balaban J connectivity index is 2.61. The van der Waals surface area contributed by atoms with Gasteiger partial charge in [-0.05, 0) is 44.5 Å². The summed E-state index contributed by atoms with van der Waals surface area (Å²) in [5.74, 6) is -0.416. The summed E-state index contributed by atoms with van der Waals surface area (Å²) in [6, 6.07) is 6.99. The van der Waals surface area contributed by atoms with Crippen molar-refractivity contribution < 1.29 is 19.1 Å². The van der Waals surface area contributed by atoms with Crippen molar-refractivity contribution in [2.75, 3.05) is 12.4 Å². The van der Waals surface area contributed by atoms with E-state index in [0.717, 1.165) is 5.56 Å². The van der Waals surface area contributed by atoms with Crippen LogP contribution >= 0.6 is 0 Å². The predicted molar refractivity (Wildman–Crippen MR) is 77.3 cm³/mol. The Hall–Kier alpha value is -2.30. The molecule has 108 valence electrons. The smallest absolute Gasteiger partial charge is 0.412 e. The number of amides is 1. The Morgan fingerprint density at radius 3 is 2.25 bits per heavy atom. The van der Waals surface area contributed by atoms with E-state index < -0.39 is 17.7 Å². The van der Waals surface area contributed by atoms with Crippen molar-refractivity contribution in [3.63, 3.8) is 0 Å². The van der Waals surface area contributed by atoms with Crippen LogP contribution in [0.5, 0.6) is 0 Å². The lowest BCUT2D eigenvalue weighted by Gasteiger charge is -2.19. The van der Waals surface area contributed by atoms with E-state index in [1.165, 1.54) is 13.2 Å². The maximum atomic E-state index is 11.6. The summed E-state index contributed by atoms with van der Waals surface area (Å²) in [4.78, 5) is 22.5. The van der Waals surface area contributed by atoms with Crippen LogP contribution in [0.2, 0.25) is 0 Å². The van der Waals surface area contributed by atoms with Crippen LogP contribution in [0.25, 0.3) is 6.08 Å². The van der Waals surface area contributed by atoms with Gasteiger partial charge in [0.05, 0.1) is 7.11 Å². The Bertz CT molecular complexity index is 498. The van der Waals surface area contributed by atoms with Crippen LogP contribution in [0, 0.1) is 0 Å². The summed E-state index contributed by atoms with van der Waals surface area (Å²) in [7, 11) is 1.32. The molecule has 0 aromatic heterocycles. The first-order valence-electron chi connectivity index (χ1n) is 6.16. The van der Waals surface area contributed by atoms with Gasteiger partial charge in [0, 0.05) is 11.8 Å². The van der Waals surface area contributed by atoms with E-state index in [1.54, 1.807) is 51.1 Å². The van der Waals surface area contributed by atoms with Crippen LogP contribution in [0.4, 0.5) is 10.5 Å². The third-order valence-corrected chi connectivity index (χ3v) is 2.17. The number of anilines is 1. The number of hydrogen-bond donors (Lipinski definition) is 1. The molecule has 0 aliphatic rings. The maximum Gasteiger partial charge on any atom is 0.412 e. The van der Waals surface area contributed by atoms with Crippen LogP contribution in [0.3, 0.4) is 0 Å². The van der Waals surface area contributed by atoms with Gasteiger partial charge < -0.3 is 9.47 Å². The van der Waals surface area contributed by atoms with Crippen molar-refractivity contribution in [2.45, 2.75) is 26.4 Å². The minimum Gasteiger partial charge on any atom is -0.466 e. The van der Waals surface area contributed by atoms with Gasteiger partial charge in [-0.1, -0.05) is 12.1 Å². The highest BCUT2D eigenvalue weighted by Gasteiger charge is 2.15. The first-order valence-corrected chi connectivity index (χ1v) is 6.16. The summed E-state index contributed by atoms with van der Waals surface area (Å²) in [6.07, 6.45) is 2.45. The molecule has 0 bridgehead atoms. The molecule has 0 aliphatic carbocycles. The van der Waals surface area contributed by atoms with Crippen LogP contribution in [0.1, 0.15) is 26.3 Å². The first-order chi connectivity index (χ1) is 9.30. The van der Waals surface area contributed by atoms with E-state index in [2.05, 4.69) is 10.1 Å². The van der Waals surface area contributed by atoms with Crippen molar-refractivity contribution in [1.29, 1.82) is 0 Å². The molecular weight excluding hydrogens is 258 g/mol. The highest BCUT2D eigenvalue weighted by molar-refractivity contribution is 5.87. The maximum absolute atomic E-state index is 11.6. The van der Waals surface area contributed by atoms with Gasteiger partial charge in [-0.25, -0.2) is 9.59 Å². The molecule has 1 aromatic rings. The molecule has 1 N–H and O–H groups in total. The molecule has 1 aromatic carbocycles. The second kappa shape index (κ2) is 6.75. The number of nitrogens with one attached hydrogen (secondary N) is 1. The first kappa shape index (κ1) is 15.8. The van der Waals surface area contributed by atoms with Crippen molar-refractivity contribution in [1.82, 2.24) is 0 Å². The lowest BCUT2D eigenvalue weighted by molar-refractivity contribution is -0.134. The molecule has 5 heteroatoms. The number of carbonyl (C=O) groups is 2. The fourth-order valence-electron chi connectivity index (χ4n) is 1.33. The number of benzene rings is 1. The quantitative estimate of drug-likeness (QED) is 0.680. The van der Waals surface area contributed by atoms with E-state index in [0.29, 0.717) is 5.69 Å². The molecule has 20 heavy (non-hydrogen) atoms. The molecule has 1 amide bonds. The van der Waals surface area contributed by atoms with Gasteiger partial charge in [0.2, 0.25) is 0 Å². The Morgan fingerprint density at radius 2 is 1.75 bits per heavy atom. The van der Waals surface area contributed by atoms with Gasteiger partial charge in [0.15, 0.2) is 0 Å². The minimum absolute atomic E-state index is 0.416. The van der Waals surface area contributed by atoms with E-state index in [4.69, 9.17) is 4.74 Å². The minimum atomic E-state index is -0.534. The zero-order valence-corrected chi connectivity index (χ0v) is 12.1. The summed E-state index contributed by atoms with van der Waals surface area (Å²) in [5, 5.41) is 2.62. The van der Waals surface area contributed by atoms with Crippen molar-refractivity contribution in [2.24, 2.45) is 0 Å². The number of methoxy groups -OCH3 is 1. The Morgan fingerprint density at radius 1 is 1.15 bits per heavy atom. The number of ether oxygens (including phenoxy) is 2. The average molecular weight is 277 g/mol. The topological polar surface area (TPSA) is 64.6 Å². The zero-order valence-electron chi connectivity index (χ0n) is 12.1. The van der Waals surface area contributed by atoms with Gasteiger partial charge in [-0.15, -0.1) is 0 Å². The largest absolute Gasteiger partial charge is 0.466 e. The third-order valence-electron chi connectivity index (χ3n) is 2.17. The molecule has 0 radical (unpaired) electrons.